The third-order valence-electron chi connectivity index (χ3n) is 12.5. The highest BCUT2D eigenvalue weighted by atomic mass is 16.7. The number of urea groups is 1. The van der Waals surface area contributed by atoms with Gasteiger partial charge in [-0.25, -0.2) is 4.79 Å². The van der Waals surface area contributed by atoms with E-state index < -0.39 is 84.0 Å². The summed E-state index contributed by atoms with van der Waals surface area (Å²) in [7, 11) is 7.33. The lowest BCUT2D eigenvalue weighted by Gasteiger charge is -2.48. The number of rotatable bonds is 10. The summed E-state index contributed by atoms with van der Waals surface area (Å²) in [6.45, 7) is 16.3. The molecule has 0 radical (unpaired) electrons. The Kier molecular flexibility index (Phi) is 17.3. The number of hydrogen-bond acceptors (Lipinski definition) is 13. The fraction of sp³-hybridized carbons (Fsp3) is 0.696. The molecule has 14 atom stereocenters. The zero-order valence-corrected chi connectivity index (χ0v) is 38.6. The van der Waals surface area contributed by atoms with Crippen molar-refractivity contribution in [2.24, 2.45) is 17.8 Å². The number of aliphatic hydroxyl groups excluding tert-OH is 2. The van der Waals surface area contributed by atoms with E-state index in [4.69, 9.17) is 23.7 Å². The van der Waals surface area contributed by atoms with Gasteiger partial charge >= 0.3 is 12.0 Å². The molecule has 0 bridgehead atoms. The summed E-state index contributed by atoms with van der Waals surface area (Å²) in [5.74, 6) is -1.98. The van der Waals surface area contributed by atoms with Crippen molar-refractivity contribution in [3.63, 3.8) is 0 Å². The number of cyclic esters (lactones) is 1. The summed E-state index contributed by atoms with van der Waals surface area (Å²) in [6.07, 6.45) is -6.78. The molecule has 61 heavy (non-hydrogen) atoms. The van der Waals surface area contributed by atoms with E-state index in [-0.39, 0.29) is 24.8 Å². The number of anilines is 2. The fourth-order valence-corrected chi connectivity index (χ4v) is 8.77. The monoisotopic (exact) mass is 859 g/mol. The predicted molar refractivity (Wildman–Crippen MR) is 235 cm³/mol. The Morgan fingerprint density at radius 1 is 0.934 bits per heavy atom. The van der Waals surface area contributed by atoms with Crippen molar-refractivity contribution in [3.05, 3.63) is 48.5 Å². The molecule has 344 valence electrons. The highest BCUT2D eigenvalue weighted by Crippen LogP contribution is 2.38. The SMILES string of the molecule is CCOc1cccc(O[C@H]2[C@H](O[C@@H]3[C@@H](C)[C@H](O)[C@@H](C)C(=O)O[C@H](CC)[C@@](C)(O)[C@H](O)[C@@H](C)NC[C@H](C)C[C@@]3(C)O)O[C@H](C)C[C@@H]2N(C)C(=O)N(C)c2ccc(N(C)C)cc2)c1. The topological polar surface area (TPSA) is 183 Å². The predicted octanol–water partition coefficient (Wildman–Crippen LogP) is 4.81. The van der Waals surface area contributed by atoms with Gasteiger partial charge in [0.1, 0.15) is 29.3 Å². The number of benzene rings is 2. The Morgan fingerprint density at radius 3 is 2.16 bits per heavy atom. The second-order valence-corrected chi connectivity index (χ2v) is 18.0. The number of nitrogens with zero attached hydrogens (tertiary/aromatic N) is 3. The molecule has 15 nitrogen and oxygen atoms in total. The van der Waals surface area contributed by atoms with Crippen LogP contribution in [0.25, 0.3) is 0 Å². The average Bonchev–Trinajstić information content (AvgIpc) is 3.22. The zero-order valence-electron chi connectivity index (χ0n) is 38.6. The summed E-state index contributed by atoms with van der Waals surface area (Å²) in [6, 6.07) is 13.3. The summed E-state index contributed by atoms with van der Waals surface area (Å²) >= 11 is 0. The van der Waals surface area contributed by atoms with Crippen molar-refractivity contribution < 1.29 is 53.7 Å². The molecule has 0 spiro atoms. The maximum Gasteiger partial charge on any atom is 0.324 e. The molecule has 2 heterocycles. The van der Waals surface area contributed by atoms with Crippen molar-refractivity contribution >= 4 is 23.4 Å². The number of nitrogens with one attached hydrogen (secondary N) is 1. The van der Waals surface area contributed by atoms with Gasteiger partial charge in [0.05, 0.1) is 42.5 Å². The Labute approximate surface area is 363 Å². The van der Waals surface area contributed by atoms with E-state index in [2.05, 4.69) is 5.32 Å². The van der Waals surface area contributed by atoms with Gasteiger partial charge in [-0.3, -0.25) is 9.69 Å². The van der Waals surface area contributed by atoms with Gasteiger partial charge < -0.3 is 59.2 Å². The number of likely N-dealkylation sites (N-methyl/N-ethyl adjacent to an activating group) is 1. The van der Waals surface area contributed by atoms with Crippen LogP contribution < -0.4 is 24.6 Å². The van der Waals surface area contributed by atoms with Crippen LogP contribution in [0.15, 0.2) is 48.5 Å². The van der Waals surface area contributed by atoms with E-state index in [1.54, 1.807) is 69.8 Å². The van der Waals surface area contributed by atoms with Gasteiger partial charge in [-0.2, -0.15) is 0 Å². The molecule has 2 aliphatic heterocycles. The van der Waals surface area contributed by atoms with Crippen LogP contribution in [-0.2, 0) is 19.0 Å². The molecule has 0 aliphatic carbocycles. The molecular formula is C46H74N4O11. The van der Waals surface area contributed by atoms with Crippen molar-refractivity contribution in [2.45, 2.75) is 148 Å². The van der Waals surface area contributed by atoms with Crippen LogP contribution in [-0.4, -0.2) is 145 Å². The second kappa shape index (κ2) is 21.1. The Bertz CT molecular complexity index is 1710. The van der Waals surface area contributed by atoms with E-state index in [0.717, 1.165) is 5.69 Å². The number of esters is 1. The molecule has 2 amide bonds. The van der Waals surface area contributed by atoms with Gasteiger partial charge in [0.15, 0.2) is 12.4 Å². The van der Waals surface area contributed by atoms with Crippen LogP contribution in [0.5, 0.6) is 11.5 Å². The molecule has 0 aromatic heterocycles. The van der Waals surface area contributed by atoms with Crippen LogP contribution in [0.3, 0.4) is 0 Å². The molecule has 4 rings (SSSR count). The third-order valence-corrected chi connectivity index (χ3v) is 12.5. The first-order valence-electron chi connectivity index (χ1n) is 21.8. The molecule has 2 saturated heterocycles. The molecule has 0 unspecified atom stereocenters. The first-order valence-corrected chi connectivity index (χ1v) is 21.8. The third kappa shape index (κ3) is 12.1. The van der Waals surface area contributed by atoms with Crippen molar-refractivity contribution in [1.82, 2.24) is 10.2 Å². The highest BCUT2D eigenvalue weighted by Gasteiger charge is 2.51. The van der Waals surface area contributed by atoms with Crippen LogP contribution in [0.4, 0.5) is 16.2 Å². The number of hydrogen-bond donors (Lipinski definition) is 5. The van der Waals surface area contributed by atoms with Crippen molar-refractivity contribution in [1.29, 1.82) is 0 Å². The summed E-state index contributed by atoms with van der Waals surface area (Å²) in [5, 5.41) is 50.5. The van der Waals surface area contributed by atoms with E-state index in [1.165, 1.54) is 13.8 Å². The highest BCUT2D eigenvalue weighted by molar-refractivity contribution is 5.91. The van der Waals surface area contributed by atoms with Crippen molar-refractivity contribution in [3.8, 4) is 11.5 Å². The van der Waals surface area contributed by atoms with E-state index in [1.807, 2.05) is 70.1 Å². The normalized spacial score (nSPS) is 35.5. The molecule has 2 aromatic carbocycles. The molecule has 2 aliphatic rings. The molecule has 2 aromatic rings. The summed E-state index contributed by atoms with van der Waals surface area (Å²) in [5.41, 5.74) is -1.76. The van der Waals surface area contributed by atoms with Crippen LogP contribution in [0, 0.1) is 17.8 Å². The van der Waals surface area contributed by atoms with E-state index in [9.17, 15) is 30.0 Å². The van der Waals surface area contributed by atoms with Crippen LogP contribution in [0.2, 0.25) is 0 Å². The quantitative estimate of drug-likeness (QED) is 0.206. The molecular weight excluding hydrogens is 785 g/mol. The minimum atomic E-state index is -1.81. The minimum absolute atomic E-state index is 0.167. The van der Waals surface area contributed by atoms with Gasteiger partial charge in [-0.15, -0.1) is 0 Å². The average molecular weight is 859 g/mol. The largest absolute Gasteiger partial charge is 0.494 e. The maximum absolute atomic E-state index is 14.4. The summed E-state index contributed by atoms with van der Waals surface area (Å²) < 4.78 is 31.9. The van der Waals surface area contributed by atoms with Crippen LogP contribution >= 0.6 is 0 Å². The number of ether oxygens (including phenoxy) is 5. The van der Waals surface area contributed by atoms with Gasteiger partial charge in [0, 0.05) is 57.6 Å². The van der Waals surface area contributed by atoms with E-state index >= 15 is 0 Å². The fourth-order valence-electron chi connectivity index (χ4n) is 8.77. The maximum atomic E-state index is 14.4. The van der Waals surface area contributed by atoms with Gasteiger partial charge in [0.2, 0.25) is 0 Å². The Hall–Kier alpha value is -3.70. The summed E-state index contributed by atoms with van der Waals surface area (Å²) in [4.78, 5) is 33.3. The minimum Gasteiger partial charge on any atom is -0.494 e. The van der Waals surface area contributed by atoms with Gasteiger partial charge in [-0.05, 0) is 110 Å². The number of carbonyl (C=O) groups is 2. The lowest BCUT2D eigenvalue weighted by atomic mass is 9.78. The first-order chi connectivity index (χ1) is 28.5. The van der Waals surface area contributed by atoms with Crippen LogP contribution in [0.1, 0.15) is 81.6 Å². The number of amides is 2. The van der Waals surface area contributed by atoms with Gasteiger partial charge in [0.25, 0.3) is 0 Å². The zero-order chi connectivity index (χ0) is 45.6. The molecule has 0 saturated carbocycles. The lowest BCUT2D eigenvalue weighted by molar-refractivity contribution is -0.293. The smallest absolute Gasteiger partial charge is 0.324 e. The Balaban J connectivity index is 1.77. The van der Waals surface area contributed by atoms with Crippen molar-refractivity contribution in [2.75, 3.05) is 51.1 Å². The number of aliphatic hydroxyl groups is 4. The lowest BCUT2D eigenvalue weighted by Crippen LogP contribution is -2.62. The molecule has 15 heteroatoms. The Morgan fingerprint density at radius 2 is 1.56 bits per heavy atom. The second-order valence-electron chi connectivity index (χ2n) is 18.0. The number of carbonyl (C=O) groups excluding carboxylic acids is 2. The first kappa shape index (κ1) is 50.0. The molecule has 2 fully saturated rings. The van der Waals surface area contributed by atoms with E-state index in [0.29, 0.717) is 36.8 Å². The van der Waals surface area contributed by atoms with Gasteiger partial charge in [-0.1, -0.05) is 26.8 Å². The standard InChI is InChI=1S/C46H74N4O11/c1-14-37-46(9,56)40(52)31(7)47-26-27(3)25-45(8,55)41(29(5)38(51)30(6)42(53)60-37)61-43-39(59-35-18-16-17-34(24-35)57-15-2)36(23-28(4)58-43)50(13)44(54)49(12)33-21-19-32(20-22-33)48(10)11/h16-22,24,27-31,36-41,43,47,51-52,55-56H,14-15,23,25-26H2,1-13H3/t27-,28-,29+,30-,31-,36+,37-,38+,39-,40-,41-,43+,45-,46-/m1/s1. The molecule has 5 N–H and O–H groups in total.